The second-order valence-electron chi connectivity index (χ2n) is 3.72. The van der Waals surface area contributed by atoms with Crippen molar-refractivity contribution in [1.82, 2.24) is 4.98 Å². The van der Waals surface area contributed by atoms with Gasteiger partial charge in [0.15, 0.2) is 0 Å². The van der Waals surface area contributed by atoms with E-state index in [2.05, 4.69) is 45.4 Å². The first-order chi connectivity index (χ1) is 7.70. The Balaban J connectivity index is 2.31. The highest BCUT2D eigenvalue weighted by Gasteiger charge is 2.09. The molecule has 4 heteroatoms. The lowest BCUT2D eigenvalue weighted by molar-refractivity contribution is 0.752. The van der Waals surface area contributed by atoms with Crippen molar-refractivity contribution < 1.29 is 0 Å². The minimum atomic E-state index is 0.331. The molecule has 0 amide bonds. The van der Waals surface area contributed by atoms with Gasteiger partial charge in [-0.25, -0.2) is 4.98 Å². The average molecular weight is 297 g/mol. The highest BCUT2D eigenvalue weighted by Crippen LogP contribution is 2.28. The third kappa shape index (κ3) is 2.51. The highest BCUT2D eigenvalue weighted by molar-refractivity contribution is 9.10. The van der Waals surface area contributed by atoms with E-state index in [1.807, 2.05) is 12.1 Å². The molecule has 0 aliphatic heterocycles. The van der Waals surface area contributed by atoms with E-state index in [0.717, 1.165) is 20.7 Å². The molecule has 0 aliphatic rings. The van der Waals surface area contributed by atoms with Gasteiger partial charge in [0.05, 0.1) is 5.69 Å². The number of aromatic nitrogens is 1. The summed E-state index contributed by atoms with van der Waals surface area (Å²) in [5.41, 5.74) is 7.87. The van der Waals surface area contributed by atoms with Crippen LogP contribution >= 0.6 is 27.3 Å². The summed E-state index contributed by atoms with van der Waals surface area (Å²) in [7, 11) is 0. The first kappa shape index (κ1) is 11.8. The van der Waals surface area contributed by atoms with Crippen LogP contribution in [0.15, 0.2) is 34.1 Å². The van der Waals surface area contributed by atoms with Crippen molar-refractivity contribution in [3.8, 4) is 10.6 Å². The normalized spacial score (nSPS) is 12.7. The third-order valence-corrected chi connectivity index (χ3v) is 3.85. The Morgan fingerprint density at radius 3 is 3.00 bits per heavy atom. The number of nitrogens with two attached hydrogens (primary N) is 1. The molecule has 1 heterocycles. The van der Waals surface area contributed by atoms with Crippen molar-refractivity contribution in [3.05, 3.63) is 39.8 Å². The maximum absolute atomic E-state index is 5.63. The molecule has 84 valence electrons. The van der Waals surface area contributed by atoms with Crippen molar-refractivity contribution in [2.45, 2.75) is 12.8 Å². The summed E-state index contributed by atoms with van der Waals surface area (Å²) in [6.07, 6.45) is 0. The predicted molar refractivity (Wildman–Crippen MR) is 72.7 cm³/mol. The Bertz CT molecular complexity index is 481. The largest absolute Gasteiger partial charge is 0.330 e. The van der Waals surface area contributed by atoms with Gasteiger partial charge < -0.3 is 5.73 Å². The second kappa shape index (κ2) is 5.08. The zero-order valence-corrected chi connectivity index (χ0v) is 11.4. The molecule has 1 unspecified atom stereocenters. The van der Waals surface area contributed by atoms with Gasteiger partial charge in [0, 0.05) is 27.9 Å². The molecule has 0 spiro atoms. The van der Waals surface area contributed by atoms with Crippen LogP contribution in [-0.4, -0.2) is 11.5 Å². The molecule has 2 nitrogen and oxygen atoms in total. The van der Waals surface area contributed by atoms with E-state index in [1.165, 1.54) is 0 Å². The van der Waals surface area contributed by atoms with Crippen LogP contribution in [-0.2, 0) is 0 Å². The number of benzene rings is 1. The van der Waals surface area contributed by atoms with Crippen molar-refractivity contribution in [3.63, 3.8) is 0 Å². The fraction of sp³-hybridized carbons (Fsp3) is 0.250. The lowest BCUT2D eigenvalue weighted by Crippen LogP contribution is -2.08. The van der Waals surface area contributed by atoms with E-state index in [-0.39, 0.29) is 0 Å². The Morgan fingerprint density at radius 1 is 1.50 bits per heavy atom. The van der Waals surface area contributed by atoms with Crippen molar-refractivity contribution in [1.29, 1.82) is 0 Å². The molecule has 0 saturated heterocycles. The molecule has 1 aromatic carbocycles. The van der Waals surface area contributed by atoms with Crippen LogP contribution in [0.5, 0.6) is 0 Å². The summed E-state index contributed by atoms with van der Waals surface area (Å²) in [6.45, 7) is 2.74. The number of rotatable bonds is 3. The smallest absolute Gasteiger partial charge is 0.123 e. The van der Waals surface area contributed by atoms with Crippen molar-refractivity contribution >= 4 is 27.3 Å². The zero-order chi connectivity index (χ0) is 11.5. The van der Waals surface area contributed by atoms with Crippen LogP contribution in [0.1, 0.15) is 18.5 Å². The van der Waals surface area contributed by atoms with Crippen LogP contribution in [0, 0.1) is 0 Å². The summed E-state index contributed by atoms with van der Waals surface area (Å²) in [6, 6.07) is 8.18. The Hall–Kier alpha value is -0.710. The van der Waals surface area contributed by atoms with Crippen LogP contribution in [0.4, 0.5) is 0 Å². The van der Waals surface area contributed by atoms with Gasteiger partial charge in [0.25, 0.3) is 0 Å². The number of nitrogens with zero attached hydrogens (tertiary/aromatic N) is 1. The van der Waals surface area contributed by atoms with Crippen LogP contribution < -0.4 is 5.73 Å². The molecular formula is C12H13BrN2S. The quantitative estimate of drug-likeness (QED) is 0.939. The highest BCUT2D eigenvalue weighted by atomic mass is 79.9. The summed E-state index contributed by atoms with van der Waals surface area (Å²) in [5.74, 6) is 0.331. The van der Waals surface area contributed by atoms with E-state index >= 15 is 0 Å². The first-order valence-corrected chi connectivity index (χ1v) is 6.79. The number of halogens is 1. The maximum Gasteiger partial charge on any atom is 0.123 e. The minimum absolute atomic E-state index is 0.331. The fourth-order valence-electron chi connectivity index (χ4n) is 1.39. The third-order valence-electron chi connectivity index (χ3n) is 2.45. The Labute approximate surface area is 108 Å². The SMILES string of the molecule is CC(CN)c1csc(-c2cccc(Br)c2)n1. The lowest BCUT2D eigenvalue weighted by Gasteiger charge is -2.02. The molecule has 0 saturated carbocycles. The summed E-state index contributed by atoms with van der Waals surface area (Å²) < 4.78 is 1.08. The molecule has 16 heavy (non-hydrogen) atoms. The van der Waals surface area contributed by atoms with Gasteiger partial charge in [-0.15, -0.1) is 11.3 Å². The van der Waals surface area contributed by atoms with Gasteiger partial charge in [-0.05, 0) is 12.1 Å². The zero-order valence-electron chi connectivity index (χ0n) is 8.98. The molecule has 1 aromatic heterocycles. The van der Waals surface area contributed by atoms with Gasteiger partial charge in [-0.3, -0.25) is 0 Å². The summed E-state index contributed by atoms with van der Waals surface area (Å²) in [5, 5.41) is 3.14. The fourth-order valence-corrected chi connectivity index (χ4v) is 2.73. The van der Waals surface area contributed by atoms with Gasteiger partial charge in [-0.1, -0.05) is 35.0 Å². The van der Waals surface area contributed by atoms with Gasteiger partial charge in [0.1, 0.15) is 5.01 Å². The monoisotopic (exact) mass is 296 g/mol. The molecule has 0 bridgehead atoms. The molecule has 0 radical (unpaired) electrons. The summed E-state index contributed by atoms with van der Waals surface area (Å²) in [4.78, 5) is 4.61. The Morgan fingerprint density at radius 2 is 2.31 bits per heavy atom. The van der Waals surface area contributed by atoms with Crippen LogP contribution in [0.25, 0.3) is 10.6 Å². The van der Waals surface area contributed by atoms with E-state index < -0.39 is 0 Å². The average Bonchev–Trinajstić information content (AvgIpc) is 2.77. The van der Waals surface area contributed by atoms with Crippen molar-refractivity contribution in [2.75, 3.05) is 6.54 Å². The molecule has 1 atom stereocenters. The second-order valence-corrected chi connectivity index (χ2v) is 5.50. The van der Waals surface area contributed by atoms with E-state index in [1.54, 1.807) is 11.3 Å². The molecule has 0 fully saturated rings. The Kier molecular flexibility index (Phi) is 3.74. The van der Waals surface area contributed by atoms with E-state index in [4.69, 9.17) is 5.73 Å². The minimum Gasteiger partial charge on any atom is -0.330 e. The summed E-state index contributed by atoms with van der Waals surface area (Å²) >= 11 is 5.13. The van der Waals surface area contributed by atoms with Gasteiger partial charge in [0.2, 0.25) is 0 Å². The molecular weight excluding hydrogens is 284 g/mol. The van der Waals surface area contributed by atoms with E-state index in [9.17, 15) is 0 Å². The lowest BCUT2D eigenvalue weighted by atomic mass is 10.1. The maximum atomic E-state index is 5.63. The number of hydrogen-bond donors (Lipinski definition) is 1. The standard InChI is InChI=1S/C12H13BrN2S/c1-8(6-14)11-7-16-12(15-11)9-3-2-4-10(13)5-9/h2-5,7-8H,6,14H2,1H3. The van der Waals surface area contributed by atoms with Gasteiger partial charge in [-0.2, -0.15) is 0 Å². The number of thiazole rings is 1. The first-order valence-electron chi connectivity index (χ1n) is 5.12. The van der Waals surface area contributed by atoms with Crippen LogP contribution in [0.3, 0.4) is 0 Å². The number of hydrogen-bond acceptors (Lipinski definition) is 3. The van der Waals surface area contributed by atoms with Crippen LogP contribution in [0.2, 0.25) is 0 Å². The predicted octanol–water partition coefficient (Wildman–Crippen LogP) is 3.63. The molecule has 2 rings (SSSR count). The molecule has 2 aromatic rings. The van der Waals surface area contributed by atoms with E-state index in [0.29, 0.717) is 12.5 Å². The topological polar surface area (TPSA) is 38.9 Å². The van der Waals surface area contributed by atoms with Gasteiger partial charge >= 0.3 is 0 Å². The molecule has 2 N–H and O–H groups in total. The molecule has 0 aliphatic carbocycles. The van der Waals surface area contributed by atoms with Crippen molar-refractivity contribution in [2.24, 2.45) is 5.73 Å².